The van der Waals surface area contributed by atoms with E-state index in [4.69, 9.17) is 0 Å². The summed E-state index contributed by atoms with van der Waals surface area (Å²) in [6.07, 6.45) is 1.14. The summed E-state index contributed by atoms with van der Waals surface area (Å²) in [7, 11) is -0.557. The van der Waals surface area contributed by atoms with Gasteiger partial charge in [-0.05, 0) is 13.0 Å². The molecule has 1 aliphatic heterocycles. The predicted molar refractivity (Wildman–Crippen MR) is 44.3 cm³/mol. The Labute approximate surface area is 65.1 Å². The SMILES string of the molecule is CCC1CS(=O)CN1CC. The Kier molecular flexibility index (Phi) is 2.86. The van der Waals surface area contributed by atoms with Crippen LogP contribution in [0, 0.1) is 0 Å². The van der Waals surface area contributed by atoms with Crippen molar-refractivity contribution in [2.24, 2.45) is 0 Å². The van der Waals surface area contributed by atoms with E-state index < -0.39 is 10.8 Å². The average Bonchev–Trinajstić information content (AvgIpc) is 2.30. The Morgan fingerprint density at radius 3 is 2.70 bits per heavy atom. The van der Waals surface area contributed by atoms with Crippen molar-refractivity contribution in [2.45, 2.75) is 26.3 Å². The third-order valence-electron chi connectivity index (χ3n) is 2.08. The van der Waals surface area contributed by atoms with Crippen LogP contribution >= 0.6 is 0 Å². The molecule has 0 spiro atoms. The lowest BCUT2D eigenvalue weighted by Crippen LogP contribution is -2.29. The van der Waals surface area contributed by atoms with E-state index in [1.165, 1.54) is 0 Å². The Hall–Kier alpha value is 0.110. The van der Waals surface area contributed by atoms with Gasteiger partial charge in [-0.3, -0.25) is 9.11 Å². The fourth-order valence-electron chi connectivity index (χ4n) is 1.39. The monoisotopic (exact) mass is 161 g/mol. The molecule has 0 aromatic heterocycles. The summed E-state index contributed by atoms with van der Waals surface area (Å²) in [5, 5.41) is 0. The highest BCUT2D eigenvalue weighted by atomic mass is 32.2. The largest absolute Gasteiger partial charge is 0.288 e. The normalized spacial score (nSPS) is 35.0. The van der Waals surface area contributed by atoms with E-state index in [9.17, 15) is 4.21 Å². The minimum Gasteiger partial charge on any atom is -0.288 e. The summed E-state index contributed by atoms with van der Waals surface area (Å²) in [6, 6.07) is 0.589. The van der Waals surface area contributed by atoms with Crippen molar-refractivity contribution >= 4 is 10.8 Å². The van der Waals surface area contributed by atoms with Gasteiger partial charge in [-0.2, -0.15) is 0 Å². The maximum absolute atomic E-state index is 11.1. The molecular formula is C7H15NOS. The van der Waals surface area contributed by atoms with Crippen LogP contribution in [0.1, 0.15) is 20.3 Å². The molecule has 1 rings (SSSR count). The van der Waals surface area contributed by atoms with Gasteiger partial charge in [0.2, 0.25) is 0 Å². The first-order chi connectivity index (χ1) is 4.77. The van der Waals surface area contributed by atoms with Gasteiger partial charge < -0.3 is 0 Å². The molecule has 0 aliphatic carbocycles. The number of hydrogen-bond donors (Lipinski definition) is 0. The van der Waals surface area contributed by atoms with Crippen LogP contribution < -0.4 is 0 Å². The van der Waals surface area contributed by atoms with Gasteiger partial charge in [0.1, 0.15) is 0 Å². The molecule has 1 saturated heterocycles. The summed E-state index contributed by atoms with van der Waals surface area (Å²) in [4.78, 5) is 2.30. The van der Waals surface area contributed by atoms with Crippen LogP contribution in [-0.2, 0) is 10.8 Å². The van der Waals surface area contributed by atoms with Crippen molar-refractivity contribution in [3.05, 3.63) is 0 Å². The van der Waals surface area contributed by atoms with Crippen molar-refractivity contribution in [1.82, 2.24) is 4.90 Å². The average molecular weight is 161 g/mol. The van der Waals surface area contributed by atoms with E-state index in [-0.39, 0.29) is 0 Å². The molecule has 60 valence electrons. The third kappa shape index (κ3) is 1.58. The molecule has 10 heavy (non-hydrogen) atoms. The Morgan fingerprint density at radius 2 is 2.30 bits per heavy atom. The highest BCUT2D eigenvalue weighted by Gasteiger charge is 2.26. The van der Waals surface area contributed by atoms with Crippen molar-refractivity contribution in [2.75, 3.05) is 18.2 Å². The molecule has 0 saturated carbocycles. The quantitative estimate of drug-likeness (QED) is 0.597. The molecule has 0 bridgehead atoms. The highest BCUT2D eigenvalue weighted by molar-refractivity contribution is 7.85. The van der Waals surface area contributed by atoms with Crippen molar-refractivity contribution in [3.63, 3.8) is 0 Å². The molecule has 3 heteroatoms. The second-order valence-corrected chi connectivity index (χ2v) is 4.17. The van der Waals surface area contributed by atoms with Gasteiger partial charge in [-0.1, -0.05) is 13.8 Å². The summed E-state index contributed by atoms with van der Waals surface area (Å²) < 4.78 is 11.1. The van der Waals surface area contributed by atoms with Crippen LogP contribution in [-0.4, -0.2) is 33.3 Å². The van der Waals surface area contributed by atoms with Crippen molar-refractivity contribution in [3.8, 4) is 0 Å². The predicted octanol–water partition coefficient (Wildman–Crippen LogP) is 0.807. The first kappa shape index (κ1) is 8.21. The lowest BCUT2D eigenvalue weighted by Gasteiger charge is -2.18. The molecule has 1 aliphatic rings. The van der Waals surface area contributed by atoms with Gasteiger partial charge in [0.05, 0.1) is 5.88 Å². The number of nitrogens with zero attached hydrogens (tertiary/aromatic N) is 1. The van der Waals surface area contributed by atoms with Crippen LogP contribution in [0.3, 0.4) is 0 Å². The summed E-state index contributed by atoms with van der Waals surface area (Å²) in [5.74, 6) is 1.69. The first-order valence-corrected chi connectivity index (χ1v) is 5.35. The Balaban J connectivity index is 2.48. The molecule has 0 radical (unpaired) electrons. The van der Waals surface area contributed by atoms with Gasteiger partial charge in [0, 0.05) is 22.6 Å². The van der Waals surface area contributed by atoms with Crippen molar-refractivity contribution in [1.29, 1.82) is 0 Å². The second kappa shape index (κ2) is 3.49. The van der Waals surface area contributed by atoms with Crippen LogP contribution in [0.25, 0.3) is 0 Å². The van der Waals surface area contributed by atoms with E-state index in [1.54, 1.807) is 0 Å². The molecule has 2 nitrogen and oxygen atoms in total. The molecule has 0 aromatic rings. The molecule has 0 N–H and O–H groups in total. The van der Waals surface area contributed by atoms with E-state index >= 15 is 0 Å². The van der Waals surface area contributed by atoms with Gasteiger partial charge in [0.15, 0.2) is 0 Å². The first-order valence-electron chi connectivity index (χ1n) is 3.87. The lowest BCUT2D eigenvalue weighted by molar-refractivity contribution is 0.273. The molecule has 2 unspecified atom stereocenters. The Bertz CT molecular complexity index is 124. The van der Waals surface area contributed by atoms with Crippen LogP contribution in [0.4, 0.5) is 0 Å². The number of hydrogen-bond acceptors (Lipinski definition) is 2. The Morgan fingerprint density at radius 1 is 1.60 bits per heavy atom. The minimum absolute atomic E-state index is 0.557. The fraction of sp³-hybridized carbons (Fsp3) is 1.00. The second-order valence-electron chi connectivity index (χ2n) is 2.70. The molecule has 1 heterocycles. The zero-order chi connectivity index (χ0) is 7.56. The fourth-order valence-corrected chi connectivity index (χ4v) is 3.13. The third-order valence-corrected chi connectivity index (χ3v) is 3.46. The van der Waals surface area contributed by atoms with Gasteiger partial charge in [0.25, 0.3) is 0 Å². The van der Waals surface area contributed by atoms with Crippen LogP contribution in [0.15, 0.2) is 0 Å². The summed E-state index contributed by atoms with van der Waals surface area (Å²) in [6.45, 7) is 5.34. The van der Waals surface area contributed by atoms with Gasteiger partial charge in [-0.25, -0.2) is 0 Å². The van der Waals surface area contributed by atoms with E-state index in [0.29, 0.717) is 6.04 Å². The topological polar surface area (TPSA) is 20.3 Å². The van der Waals surface area contributed by atoms with Gasteiger partial charge in [-0.15, -0.1) is 0 Å². The van der Waals surface area contributed by atoms with E-state index in [1.807, 2.05) is 0 Å². The van der Waals surface area contributed by atoms with Crippen LogP contribution in [0.2, 0.25) is 0 Å². The molecule has 2 atom stereocenters. The zero-order valence-electron chi connectivity index (χ0n) is 6.67. The smallest absolute Gasteiger partial charge is 0.0750 e. The maximum Gasteiger partial charge on any atom is 0.0750 e. The number of rotatable bonds is 2. The standard InChI is InChI=1S/C7H15NOS/c1-3-7-5-10(9)6-8(7)4-2/h7H,3-6H2,1-2H3. The van der Waals surface area contributed by atoms with E-state index in [0.717, 1.165) is 24.6 Å². The molecule has 1 fully saturated rings. The lowest BCUT2D eigenvalue weighted by atomic mass is 10.2. The molecule has 0 amide bonds. The molecular weight excluding hydrogens is 146 g/mol. The summed E-state index contributed by atoms with van der Waals surface area (Å²) >= 11 is 0. The van der Waals surface area contributed by atoms with Gasteiger partial charge >= 0.3 is 0 Å². The zero-order valence-corrected chi connectivity index (χ0v) is 7.49. The highest BCUT2D eigenvalue weighted by Crippen LogP contribution is 2.13. The summed E-state index contributed by atoms with van der Waals surface area (Å²) in [5.41, 5.74) is 0. The van der Waals surface area contributed by atoms with Crippen molar-refractivity contribution < 1.29 is 4.21 Å². The minimum atomic E-state index is -0.557. The molecule has 0 aromatic carbocycles. The van der Waals surface area contributed by atoms with E-state index in [2.05, 4.69) is 18.7 Å². The van der Waals surface area contributed by atoms with Crippen LogP contribution in [0.5, 0.6) is 0 Å². The maximum atomic E-state index is 11.1.